The van der Waals surface area contributed by atoms with Gasteiger partial charge in [0.2, 0.25) is 0 Å². The number of amides is 1. The normalized spacial score (nSPS) is 11.3. The number of hydrogen-bond donors (Lipinski definition) is 3. The van der Waals surface area contributed by atoms with Crippen LogP contribution in [0.5, 0.6) is 0 Å². The predicted octanol–water partition coefficient (Wildman–Crippen LogP) is 2.89. The Morgan fingerprint density at radius 1 is 1.36 bits per heavy atom. The summed E-state index contributed by atoms with van der Waals surface area (Å²) < 4.78 is 37.8. The van der Waals surface area contributed by atoms with Gasteiger partial charge in [0, 0.05) is 17.6 Å². The number of hydrogen-bond acceptors (Lipinski definition) is 2. The first-order valence-corrected chi connectivity index (χ1v) is 6.91. The maximum atomic E-state index is 12.6. The zero-order chi connectivity index (χ0) is 16.8. The second-order valence-corrected chi connectivity index (χ2v) is 4.86. The molecule has 0 bridgehead atoms. The molecule has 9 heteroatoms. The SMILES string of the molecule is CCNC(=S)NNC(=O)/C=C/c1cc(C(F)(F)F)ccc1Cl. The summed E-state index contributed by atoms with van der Waals surface area (Å²) in [5.41, 5.74) is 3.92. The van der Waals surface area contributed by atoms with Crippen LogP contribution in [0.3, 0.4) is 0 Å². The maximum Gasteiger partial charge on any atom is 0.416 e. The summed E-state index contributed by atoms with van der Waals surface area (Å²) in [6, 6.07) is 2.86. The van der Waals surface area contributed by atoms with Crippen molar-refractivity contribution in [3.8, 4) is 0 Å². The van der Waals surface area contributed by atoms with Gasteiger partial charge in [-0.05, 0) is 49.0 Å². The fraction of sp³-hybridized carbons (Fsp3) is 0.231. The lowest BCUT2D eigenvalue weighted by Gasteiger charge is -2.09. The summed E-state index contributed by atoms with van der Waals surface area (Å²) in [6.07, 6.45) is -2.25. The molecular formula is C13H13ClF3N3OS. The van der Waals surface area contributed by atoms with Gasteiger partial charge in [-0.3, -0.25) is 15.6 Å². The van der Waals surface area contributed by atoms with Crippen molar-refractivity contribution in [2.75, 3.05) is 6.54 Å². The van der Waals surface area contributed by atoms with Gasteiger partial charge < -0.3 is 5.32 Å². The van der Waals surface area contributed by atoms with E-state index in [1.54, 1.807) is 0 Å². The number of thiocarbonyl (C=S) groups is 1. The summed E-state index contributed by atoms with van der Waals surface area (Å²) in [4.78, 5) is 11.5. The highest BCUT2D eigenvalue weighted by molar-refractivity contribution is 7.80. The Hall–Kier alpha value is -1.80. The standard InChI is InChI=1S/C13H13ClF3N3OS/c1-2-18-12(22)20-19-11(21)6-3-8-7-9(13(15,16)17)4-5-10(8)14/h3-7H,2H2,1H3,(H,19,21)(H2,18,20,22)/b6-3+. The van der Waals surface area contributed by atoms with Crippen molar-refractivity contribution in [1.29, 1.82) is 0 Å². The van der Waals surface area contributed by atoms with E-state index >= 15 is 0 Å². The Kier molecular flexibility index (Phi) is 6.63. The van der Waals surface area contributed by atoms with Crippen molar-refractivity contribution < 1.29 is 18.0 Å². The van der Waals surface area contributed by atoms with Crippen LogP contribution in [-0.2, 0) is 11.0 Å². The smallest absolute Gasteiger partial charge is 0.362 e. The second-order valence-electron chi connectivity index (χ2n) is 4.04. The Bertz CT molecular complexity index is 590. The molecule has 0 fully saturated rings. The first kappa shape index (κ1) is 18.2. The van der Waals surface area contributed by atoms with Crippen LogP contribution in [0.1, 0.15) is 18.1 Å². The molecule has 0 saturated carbocycles. The van der Waals surface area contributed by atoms with Gasteiger partial charge in [-0.25, -0.2) is 0 Å². The van der Waals surface area contributed by atoms with Gasteiger partial charge in [-0.2, -0.15) is 13.2 Å². The maximum absolute atomic E-state index is 12.6. The van der Waals surface area contributed by atoms with Crippen molar-refractivity contribution in [3.05, 3.63) is 40.4 Å². The molecule has 1 aromatic carbocycles. The number of carbonyl (C=O) groups excluding carboxylic acids is 1. The number of rotatable bonds is 3. The molecule has 0 aliphatic heterocycles. The Labute approximate surface area is 135 Å². The summed E-state index contributed by atoms with van der Waals surface area (Å²) in [6.45, 7) is 2.41. The fourth-order valence-corrected chi connectivity index (χ4v) is 1.75. The van der Waals surface area contributed by atoms with Crippen molar-refractivity contribution in [3.63, 3.8) is 0 Å². The summed E-state index contributed by atoms with van der Waals surface area (Å²) in [5.74, 6) is -0.589. The van der Waals surface area contributed by atoms with Crippen LogP contribution < -0.4 is 16.2 Å². The molecule has 1 aromatic rings. The molecule has 0 aliphatic rings. The lowest BCUT2D eigenvalue weighted by Crippen LogP contribution is -2.46. The van der Waals surface area contributed by atoms with Gasteiger partial charge in [-0.15, -0.1) is 0 Å². The molecule has 120 valence electrons. The highest BCUT2D eigenvalue weighted by Gasteiger charge is 2.30. The van der Waals surface area contributed by atoms with Gasteiger partial charge in [-0.1, -0.05) is 11.6 Å². The average Bonchev–Trinajstić information content (AvgIpc) is 2.43. The molecule has 3 N–H and O–H groups in total. The van der Waals surface area contributed by atoms with Crippen LogP contribution in [0.25, 0.3) is 6.08 Å². The number of hydrazine groups is 1. The minimum atomic E-state index is -4.48. The minimum absolute atomic E-state index is 0.0842. The van der Waals surface area contributed by atoms with Crippen molar-refractivity contribution in [2.45, 2.75) is 13.1 Å². The third-order valence-corrected chi connectivity index (χ3v) is 2.96. The molecule has 0 saturated heterocycles. The highest BCUT2D eigenvalue weighted by atomic mass is 35.5. The topological polar surface area (TPSA) is 53.2 Å². The van der Waals surface area contributed by atoms with Crippen LogP contribution in [0.2, 0.25) is 5.02 Å². The number of nitrogens with one attached hydrogen (secondary N) is 3. The Morgan fingerprint density at radius 3 is 2.64 bits per heavy atom. The van der Waals surface area contributed by atoms with Crippen LogP contribution in [-0.4, -0.2) is 17.6 Å². The lowest BCUT2D eigenvalue weighted by molar-refractivity contribution is -0.137. The molecule has 0 heterocycles. The summed E-state index contributed by atoms with van der Waals surface area (Å²) in [5, 5.41) is 3.07. The monoisotopic (exact) mass is 351 g/mol. The van der Waals surface area contributed by atoms with E-state index in [-0.39, 0.29) is 15.7 Å². The van der Waals surface area contributed by atoms with E-state index in [2.05, 4.69) is 16.2 Å². The Morgan fingerprint density at radius 2 is 2.05 bits per heavy atom. The van der Waals surface area contributed by atoms with E-state index in [1.807, 2.05) is 6.92 Å². The largest absolute Gasteiger partial charge is 0.416 e. The quantitative estimate of drug-likeness (QED) is 0.445. The predicted molar refractivity (Wildman–Crippen MR) is 83.0 cm³/mol. The fourth-order valence-electron chi connectivity index (χ4n) is 1.38. The molecule has 0 spiro atoms. The summed E-state index contributed by atoms with van der Waals surface area (Å²) in [7, 11) is 0. The third-order valence-electron chi connectivity index (χ3n) is 2.37. The van der Waals surface area contributed by atoms with E-state index in [0.717, 1.165) is 24.3 Å². The highest BCUT2D eigenvalue weighted by Crippen LogP contribution is 2.32. The van der Waals surface area contributed by atoms with Crippen LogP contribution >= 0.6 is 23.8 Å². The molecule has 1 amide bonds. The lowest BCUT2D eigenvalue weighted by atomic mass is 10.1. The minimum Gasteiger partial charge on any atom is -0.362 e. The number of carbonyl (C=O) groups is 1. The van der Waals surface area contributed by atoms with E-state index in [4.69, 9.17) is 23.8 Å². The van der Waals surface area contributed by atoms with E-state index < -0.39 is 17.6 Å². The van der Waals surface area contributed by atoms with Gasteiger partial charge in [0.05, 0.1) is 5.56 Å². The zero-order valence-electron chi connectivity index (χ0n) is 11.4. The van der Waals surface area contributed by atoms with E-state index in [0.29, 0.717) is 6.54 Å². The molecule has 0 radical (unpaired) electrons. The molecule has 4 nitrogen and oxygen atoms in total. The van der Waals surface area contributed by atoms with Crippen molar-refractivity contribution in [2.24, 2.45) is 0 Å². The average molecular weight is 352 g/mol. The third kappa shape index (κ3) is 5.90. The van der Waals surface area contributed by atoms with E-state index in [9.17, 15) is 18.0 Å². The van der Waals surface area contributed by atoms with Crippen molar-refractivity contribution >= 4 is 40.9 Å². The second kappa shape index (κ2) is 8.00. The molecule has 1 rings (SSSR count). The molecule has 0 atom stereocenters. The van der Waals surface area contributed by atoms with Gasteiger partial charge in [0.25, 0.3) is 5.91 Å². The number of alkyl halides is 3. The molecule has 0 aliphatic carbocycles. The molecular weight excluding hydrogens is 339 g/mol. The number of halogens is 4. The van der Waals surface area contributed by atoms with Crippen LogP contribution in [0.15, 0.2) is 24.3 Å². The molecule has 0 unspecified atom stereocenters. The molecule has 22 heavy (non-hydrogen) atoms. The molecule has 0 aromatic heterocycles. The Balaban J connectivity index is 2.73. The zero-order valence-corrected chi connectivity index (χ0v) is 13.0. The van der Waals surface area contributed by atoms with Crippen LogP contribution in [0.4, 0.5) is 13.2 Å². The first-order chi connectivity index (χ1) is 10.2. The van der Waals surface area contributed by atoms with Gasteiger partial charge in [0.15, 0.2) is 5.11 Å². The van der Waals surface area contributed by atoms with Gasteiger partial charge in [0.1, 0.15) is 0 Å². The van der Waals surface area contributed by atoms with Crippen LogP contribution in [0, 0.1) is 0 Å². The van der Waals surface area contributed by atoms with Gasteiger partial charge >= 0.3 is 6.18 Å². The summed E-state index contributed by atoms with van der Waals surface area (Å²) >= 11 is 10.6. The van der Waals surface area contributed by atoms with Crippen molar-refractivity contribution in [1.82, 2.24) is 16.2 Å². The first-order valence-electron chi connectivity index (χ1n) is 6.12. The van der Waals surface area contributed by atoms with E-state index in [1.165, 1.54) is 6.08 Å². The number of benzene rings is 1.